The second-order valence-electron chi connectivity index (χ2n) is 4.81. The van der Waals surface area contributed by atoms with Crippen LogP contribution >= 0.6 is 27.5 Å². The molecule has 0 heterocycles. The molecule has 0 fully saturated rings. The van der Waals surface area contributed by atoms with Gasteiger partial charge in [0.15, 0.2) is 6.61 Å². The van der Waals surface area contributed by atoms with Crippen molar-refractivity contribution >= 4 is 45.0 Å². The van der Waals surface area contributed by atoms with Crippen molar-refractivity contribution in [2.45, 2.75) is 6.92 Å². The first-order valence-corrected chi connectivity index (χ1v) is 7.82. The standard InChI is InChI=1S/C16H14BrClN2O3/c1-9-2-4-11(7-13(9)17)20-15(21)8-23-14-5-3-10(18)6-12(14)16(19)22/h2-7H,8H2,1H3,(H2,19,22)(H,20,21). The fourth-order valence-corrected chi connectivity index (χ4v) is 2.38. The van der Waals surface area contributed by atoms with Crippen LogP contribution in [0.4, 0.5) is 5.69 Å². The van der Waals surface area contributed by atoms with E-state index in [4.69, 9.17) is 22.1 Å². The molecule has 3 N–H and O–H groups in total. The van der Waals surface area contributed by atoms with Crippen LogP contribution in [0.3, 0.4) is 0 Å². The molecule has 0 aromatic heterocycles. The molecule has 0 aliphatic carbocycles. The number of carbonyl (C=O) groups excluding carboxylic acids is 2. The quantitative estimate of drug-likeness (QED) is 0.810. The van der Waals surface area contributed by atoms with Crippen LogP contribution in [0.25, 0.3) is 0 Å². The Labute approximate surface area is 146 Å². The zero-order chi connectivity index (χ0) is 17.0. The second-order valence-corrected chi connectivity index (χ2v) is 6.10. The molecule has 2 aromatic rings. The number of benzene rings is 2. The zero-order valence-corrected chi connectivity index (χ0v) is 14.6. The summed E-state index contributed by atoms with van der Waals surface area (Å²) in [4.78, 5) is 23.3. The van der Waals surface area contributed by atoms with Crippen molar-refractivity contribution < 1.29 is 14.3 Å². The van der Waals surface area contributed by atoms with Gasteiger partial charge in [-0.25, -0.2) is 0 Å². The van der Waals surface area contributed by atoms with Gasteiger partial charge in [-0.2, -0.15) is 0 Å². The number of ether oxygens (including phenoxy) is 1. The third-order valence-electron chi connectivity index (χ3n) is 3.02. The fraction of sp³-hybridized carbons (Fsp3) is 0.125. The average molecular weight is 398 g/mol. The monoisotopic (exact) mass is 396 g/mol. The maximum atomic E-state index is 11.9. The summed E-state index contributed by atoms with van der Waals surface area (Å²) < 4.78 is 6.25. The van der Waals surface area contributed by atoms with Gasteiger partial charge in [0.2, 0.25) is 0 Å². The first-order chi connectivity index (χ1) is 10.9. The van der Waals surface area contributed by atoms with Crippen LogP contribution < -0.4 is 15.8 Å². The van der Waals surface area contributed by atoms with Crippen molar-refractivity contribution in [3.8, 4) is 5.75 Å². The van der Waals surface area contributed by atoms with Crippen LogP contribution in [0.1, 0.15) is 15.9 Å². The van der Waals surface area contributed by atoms with Crippen molar-refractivity contribution in [2.24, 2.45) is 5.73 Å². The zero-order valence-electron chi connectivity index (χ0n) is 12.2. The first kappa shape index (κ1) is 17.3. The maximum Gasteiger partial charge on any atom is 0.262 e. The molecule has 0 saturated carbocycles. The number of aryl methyl sites for hydroxylation is 1. The predicted molar refractivity (Wildman–Crippen MR) is 93.0 cm³/mol. The summed E-state index contributed by atoms with van der Waals surface area (Å²) in [6.45, 7) is 1.69. The highest BCUT2D eigenvalue weighted by Crippen LogP contribution is 2.23. The number of anilines is 1. The number of halogens is 2. The van der Waals surface area contributed by atoms with Crippen molar-refractivity contribution in [3.05, 3.63) is 57.0 Å². The molecule has 0 aliphatic rings. The summed E-state index contributed by atoms with van der Waals surface area (Å²) in [6.07, 6.45) is 0. The van der Waals surface area contributed by atoms with E-state index in [0.29, 0.717) is 10.7 Å². The number of nitrogens with two attached hydrogens (primary N) is 1. The molecule has 23 heavy (non-hydrogen) atoms. The van der Waals surface area contributed by atoms with Crippen LogP contribution in [0.2, 0.25) is 5.02 Å². The Bertz CT molecular complexity index is 765. The van der Waals surface area contributed by atoms with Crippen LogP contribution in [0, 0.1) is 6.92 Å². The fourth-order valence-electron chi connectivity index (χ4n) is 1.83. The van der Waals surface area contributed by atoms with Crippen molar-refractivity contribution in [1.82, 2.24) is 0 Å². The number of hydrogen-bond donors (Lipinski definition) is 2. The number of rotatable bonds is 5. The summed E-state index contributed by atoms with van der Waals surface area (Å²) in [5.41, 5.74) is 7.09. The van der Waals surface area contributed by atoms with Crippen molar-refractivity contribution in [1.29, 1.82) is 0 Å². The number of carbonyl (C=O) groups is 2. The maximum absolute atomic E-state index is 11.9. The van der Waals surface area contributed by atoms with Crippen LogP contribution in [-0.4, -0.2) is 18.4 Å². The van der Waals surface area contributed by atoms with Gasteiger partial charge < -0.3 is 15.8 Å². The Balaban J connectivity index is 2.02. The van der Waals surface area contributed by atoms with Gasteiger partial charge in [-0.3, -0.25) is 9.59 Å². The lowest BCUT2D eigenvalue weighted by Gasteiger charge is -2.11. The van der Waals surface area contributed by atoms with Crippen LogP contribution in [-0.2, 0) is 4.79 Å². The molecule has 2 amide bonds. The summed E-state index contributed by atoms with van der Waals surface area (Å²) in [7, 11) is 0. The Kier molecular flexibility index (Phi) is 5.63. The van der Waals surface area contributed by atoms with Gasteiger partial charge in [0, 0.05) is 15.2 Å². The van der Waals surface area contributed by atoms with Gasteiger partial charge in [-0.1, -0.05) is 33.6 Å². The second kappa shape index (κ2) is 7.48. The molecule has 2 rings (SSSR count). The van der Waals surface area contributed by atoms with E-state index < -0.39 is 5.91 Å². The molecule has 0 spiro atoms. The Morgan fingerprint density at radius 3 is 2.65 bits per heavy atom. The first-order valence-electron chi connectivity index (χ1n) is 6.65. The Morgan fingerprint density at radius 2 is 2.00 bits per heavy atom. The molecule has 0 radical (unpaired) electrons. The Morgan fingerprint density at radius 1 is 1.26 bits per heavy atom. The summed E-state index contributed by atoms with van der Waals surface area (Å²) >= 11 is 9.21. The number of amides is 2. The van der Waals surface area contributed by atoms with Gasteiger partial charge in [-0.05, 0) is 42.8 Å². The minimum absolute atomic E-state index is 0.128. The average Bonchev–Trinajstić information content (AvgIpc) is 2.49. The summed E-state index contributed by atoms with van der Waals surface area (Å²) in [5.74, 6) is -0.821. The van der Waals surface area contributed by atoms with E-state index >= 15 is 0 Å². The highest BCUT2D eigenvalue weighted by Gasteiger charge is 2.12. The molecular weight excluding hydrogens is 384 g/mol. The lowest BCUT2D eigenvalue weighted by molar-refractivity contribution is -0.118. The third-order valence-corrected chi connectivity index (χ3v) is 4.11. The SMILES string of the molecule is Cc1ccc(NC(=O)COc2ccc(Cl)cc2C(N)=O)cc1Br. The van der Waals surface area contributed by atoms with E-state index in [9.17, 15) is 9.59 Å². The van der Waals surface area contributed by atoms with Gasteiger partial charge in [0.1, 0.15) is 5.75 Å². The molecule has 0 atom stereocenters. The van der Waals surface area contributed by atoms with Gasteiger partial charge in [0.05, 0.1) is 5.56 Å². The molecular formula is C16H14BrClN2O3. The van der Waals surface area contributed by atoms with Crippen LogP contribution in [0.15, 0.2) is 40.9 Å². The van der Waals surface area contributed by atoms with E-state index in [1.54, 1.807) is 18.2 Å². The van der Waals surface area contributed by atoms with Crippen molar-refractivity contribution in [3.63, 3.8) is 0 Å². The van der Waals surface area contributed by atoms with E-state index in [0.717, 1.165) is 10.0 Å². The van der Waals surface area contributed by atoms with Gasteiger partial charge in [0.25, 0.3) is 11.8 Å². The van der Waals surface area contributed by atoms with Crippen molar-refractivity contribution in [2.75, 3.05) is 11.9 Å². The molecule has 0 saturated heterocycles. The van der Waals surface area contributed by atoms with Crippen LogP contribution in [0.5, 0.6) is 5.75 Å². The van der Waals surface area contributed by atoms with Gasteiger partial charge in [-0.15, -0.1) is 0 Å². The molecule has 0 aliphatic heterocycles. The lowest BCUT2D eigenvalue weighted by atomic mass is 10.2. The van der Waals surface area contributed by atoms with E-state index in [1.165, 1.54) is 12.1 Å². The summed E-state index contributed by atoms with van der Waals surface area (Å²) in [5, 5.41) is 3.07. The number of hydrogen-bond acceptors (Lipinski definition) is 3. The Hall–Kier alpha value is -2.05. The smallest absolute Gasteiger partial charge is 0.262 e. The topological polar surface area (TPSA) is 81.4 Å². The highest BCUT2D eigenvalue weighted by atomic mass is 79.9. The molecule has 7 heteroatoms. The van der Waals surface area contributed by atoms with E-state index in [2.05, 4.69) is 21.2 Å². The molecule has 120 valence electrons. The molecule has 0 bridgehead atoms. The normalized spacial score (nSPS) is 10.2. The summed E-state index contributed by atoms with van der Waals surface area (Å²) in [6, 6.07) is 9.91. The van der Waals surface area contributed by atoms with Gasteiger partial charge >= 0.3 is 0 Å². The number of nitrogens with one attached hydrogen (secondary N) is 1. The largest absolute Gasteiger partial charge is 0.483 e. The molecule has 2 aromatic carbocycles. The highest BCUT2D eigenvalue weighted by molar-refractivity contribution is 9.10. The third kappa shape index (κ3) is 4.71. The molecule has 0 unspecified atom stereocenters. The minimum atomic E-state index is -0.676. The van der Waals surface area contributed by atoms with E-state index in [1.807, 2.05) is 13.0 Å². The number of primary amides is 1. The predicted octanol–water partition coefficient (Wildman–Crippen LogP) is 3.53. The minimum Gasteiger partial charge on any atom is -0.483 e. The van der Waals surface area contributed by atoms with E-state index in [-0.39, 0.29) is 23.8 Å². The lowest BCUT2D eigenvalue weighted by Crippen LogP contribution is -2.21. The molecule has 5 nitrogen and oxygen atoms in total.